The third-order valence-electron chi connectivity index (χ3n) is 2.95. The van der Waals surface area contributed by atoms with Crippen LogP contribution in [-0.4, -0.2) is 48.3 Å². The highest BCUT2D eigenvalue weighted by Gasteiger charge is 2.36. The highest BCUT2D eigenvalue weighted by molar-refractivity contribution is 4.96. The topological polar surface area (TPSA) is 35.5 Å². The maximum absolute atomic E-state index is 9.23. The molecule has 3 nitrogen and oxygen atoms in total. The Morgan fingerprint density at radius 2 is 2.25 bits per heavy atom. The summed E-state index contributed by atoms with van der Waals surface area (Å²) in [5.41, 5.74) is -0.0374. The smallest absolute Gasteiger partial charge is 0.0626 e. The molecule has 1 heterocycles. The van der Waals surface area contributed by atoms with Crippen molar-refractivity contribution in [3.05, 3.63) is 0 Å². The minimum absolute atomic E-state index is 0.0374. The van der Waals surface area contributed by atoms with E-state index in [0.717, 1.165) is 19.5 Å². The molecule has 1 fully saturated rings. The van der Waals surface area contributed by atoms with Crippen LogP contribution in [0.3, 0.4) is 0 Å². The molecule has 0 spiro atoms. The van der Waals surface area contributed by atoms with Gasteiger partial charge in [0.25, 0.3) is 0 Å². The monoisotopic (exact) mass is 172 g/mol. The molecule has 0 bridgehead atoms. The number of likely N-dealkylation sites (tertiary alicyclic amines) is 1. The SMILES string of the molecule is CNC1(CO)CCN(C(C)C)C1. The van der Waals surface area contributed by atoms with Gasteiger partial charge >= 0.3 is 0 Å². The Labute approximate surface area is 74.8 Å². The van der Waals surface area contributed by atoms with E-state index in [1.54, 1.807) is 0 Å². The second-order valence-electron chi connectivity index (χ2n) is 4.00. The fourth-order valence-corrected chi connectivity index (χ4v) is 1.76. The Morgan fingerprint density at radius 3 is 2.50 bits per heavy atom. The summed E-state index contributed by atoms with van der Waals surface area (Å²) in [4.78, 5) is 2.40. The van der Waals surface area contributed by atoms with E-state index in [2.05, 4.69) is 24.1 Å². The van der Waals surface area contributed by atoms with Crippen molar-refractivity contribution in [1.29, 1.82) is 0 Å². The Bertz CT molecular complexity index is 143. The molecule has 1 aliphatic heterocycles. The van der Waals surface area contributed by atoms with Crippen LogP contribution in [0, 0.1) is 0 Å². The van der Waals surface area contributed by atoms with E-state index in [4.69, 9.17) is 0 Å². The second kappa shape index (κ2) is 3.73. The Balaban J connectivity index is 2.52. The summed E-state index contributed by atoms with van der Waals surface area (Å²) in [6.45, 7) is 6.70. The van der Waals surface area contributed by atoms with Gasteiger partial charge in [-0.15, -0.1) is 0 Å². The van der Waals surface area contributed by atoms with Gasteiger partial charge in [-0.3, -0.25) is 4.90 Å². The van der Waals surface area contributed by atoms with Crippen LogP contribution in [0.1, 0.15) is 20.3 Å². The molecule has 1 atom stereocenters. The molecule has 0 aliphatic carbocycles. The lowest BCUT2D eigenvalue weighted by Crippen LogP contribution is -2.49. The second-order valence-corrected chi connectivity index (χ2v) is 4.00. The van der Waals surface area contributed by atoms with Gasteiger partial charge in [0.2, 0.25) is 0 Å². The first-order valence-corrected chi connectivity index (χ1v) is 4.67. The first-order valence-electron chi connectivity index (χ1n) is 4.67. The van der Waals surface area contributed by atoms with Crippen LogP contribution < -0.4 is 5.32 Å². The van der Waals surface area contributed by atoms with Gasteiger partial charge in [0.05, 0.1) is 12.1 Å². The van der Waals surface area contributed by atoms with Gasteiger partial charge in [-0.2, -0.15) is 0 Å². The third kappa shape index (κ3) is 1.79. The summed E-state index contributed by atoms with van der Waals surface area (Å²) < 4.78 is 0. The number of aliphatic hydroxyl groups excluding tert-OH is 1. The third-order valence-corrected chi connectivity index (χ3v) is 2.95. The average molecular weight is 172 g/mol. The highest BCUT2D eigenvalue weighted by atomic mass is 16.3. The molecule has 0 aromatic carbocycles. The van der Waals surface area contributed by atoms with Crippen molar-refractivity contribution in [2.75, 3.05) is 26.7 Å². The molecular formula is C9H20N2O. The van der Waals surface area contributed by atoms with Crippen LogP contribution in [-0.2, 0) is 0 Å². The molecule has 12 heavy (non-hydrogen) atoms. The van der Waals surface area contributed by atoms with E-state index < -0.39 is 0 Å². The zero-order valence-corrected chi connectivity index (χ0v) is 8.30. The largest absolute Gasteiger partial charge is 0.394 e. The zero-order chi connectivity index (χ0) is 9.19. The van der Waals surface area contributed by atoms with Crippen molar-refractivity contribution in [3.8, 4) is 0 Å². The molecule has 72 valence electrons. The molecule has 0 saturated carbocycles. The predicted octanol–water partition coefficient (Wildman–Crippen LogP) is 0.0510. The van der Waals surface area contributed by atoms with Crippen molar-refractivity contribution < 1.29 is 5.11 Å². The van der Waals surface area contributed by atoms with Crippen LogP contribution in [0.5, 0.6) is 0 Å². The number of nitrogens with one attached hydrogen (secondary N) is 1. The summed E-state index contributed by atoms with van der Waals surface area (Å²) in [5, 5.41) is 12.4. The number of nitrogens with zero attached hydrogens (tertiary/aromatic N) is 1. The quantitative estimate of drug-likeness (QED) is 0.631. The fraction of sp³-hybridized carbons (Fsp3) is 1.00. The molecule has 1 rings (SSSR count). The first kappa shape index (κ1) is 9.96. The average Bonchev–Trinajstić information content (AvgIpc) is 2.49. The lowest BCUT2D eigenvalue weighted by atomic mass is 10.0. The normalized spacial score (nSPS) is 31.8. The number of rotatable bonds is 3. The molecule has 0 radical (unpaired) electrons. The number of aliphatic hydroxyl groups is 1. The summed E-state index contributed by atoms with van der Waals surface area (Å²) in [6, 6.07) is 0.590. The van der Waals surface area contributed by atoms with E-state index in [0.29, 0.717) is 6.04 Å². The van der Waals surface area contributed by atoms with E-state index in [1.807, 2.05) is 7.05 Å². The van der Waals surface area contributed by atoms with E-state index in [1.165, 1.54) is 0 Å². The summed E-state index contributed by atoms with van der Waals surface area (Å²) in [7, 11) is 1.93. The van der Waals surface area contributed by atoms with Gasteiger partial charge in [0.15, 0.2) is 0 Å². The van der Waals surface area contributed by atoms with E-state index in [-0.39, 0.29) is 12.1 Å². The Hall–Kier alpha value is -0.120. The van der Waals surface area contributed by atoms with Crippen molar-refractivity contribution in [3.63, 3.8) is 0 Å². The minimum atomic E-state index is -0.0374. The van der Waals surface area contributed by atoms with Crippen molar-refractivity contribution >= 4 is 0 Å². The van der Waals surface area contributed by atoms with Gasteiger partial charge in [-0.1, -0.05) is 0 Å². The Kier molecular flexibility index (Phi) is 3.09. The summed E-state index contributed by atoms with van der Waals surface area (Å²) >= 11 is 0. The molecule has 1 aliphatic rings. The fourth-order valence-electron chi connectivity index (χ4n) is 1.76. The van der Waals surface area contributed by atoms with Gasteiger partial charge in [-0.05, 0) is 27.3 Å². The maximum atomic E-state index is 9.23. The van der Waals surface area contributed by atoms with Crippen molar-refractivity contribution in [2.45, 2.75) is 31.8 Å². The highest BCUT2D eigenvalue weighted by Crippen LogP contribution is 2.21. The van der Waals surface area contributed by atoms with Crippen LogP contribution in [0.25, 0.3) is 0 Å². The van der Waals surface area contributed by atoms with Crippen LogP contribution >= 0.6 is 0 Å². The molecular weight excluding hydrogens is 152 g/mol. The summed E-state index contributed by atoms with van der Waals surface area (Å²) in [5.74, 6) is 0. The number of hydrogen-bond donors (Lipinski definition) is 2. The minimum Gasteiger partial charge on any atom is -0.394 e. The van der Waals surface area contributed by atoms with E-state index in [9.17, 15) is 5.11 Å². The summed E-state index contributed by atoms with van der Waals surface area (Å²) in [6.07, 6.45) is 1.05. The van der Waals surface area contributed by atoms with Gasteiger partial charge in [-0.25, -0.2) is 0 Å². The first-order chi connectivity index (χ1) is 5.63. The molecule has 3 heteroatoms. The van der Waals surface area contributed by atoms with Crippen LogP contribution in [0.2, 0.25) is 0 Å². The van der Waals surface area contributed by atoms with Crippen molar-refractivity contribution in [2.24, 2.45) is 0 Å². The standard InChI is InChI=1S/C9H20N2O/c1-8(2)11-5-4-9(6-11,7-12)10-3/h8,10,12H,4-7H2,1-3H3. The molecule has 2 N–H and O–H groups in total. The van der Waals surface area contributed by atoms with E-state index >= 15 is 0 Å². The van der Waals surface area contributed by atoms with Crippen molar-refractivity contribution in [1.82, 2.24) is 10.2 Å². The number of hydrogen-bond acceptors (Lipinski definition) is 3. The molecule has 0 aromatic heterocycles. The van der Waals surface area contributed by atoms with Gasteiger partial charge in [0.1, 0.15) is 0 Å². The molecule has 1 unspecified atom stereocenters. The predicted molar refractivity (Wildman–Crippen MR) is 50.2 cm³/mol. The van der Waals surface area contributed by atoms with Crippen LogP contribution in [0.15, 0.2) is 0 Å². The molecule has 0 amide bonds. The number of likely N-dealkylation sites (N-methyl/N-ethyl adjacent to an activating group) is 1. The Morgan fingerprint density at radius 1 is 1.58 bits per heavy atom. The lowest BCUT2D eigenvalue weighted by Gasteiger charge is -2.28. The van der Waals surface area contributed by atoms with Gasteiger partial charge in [0, 0.05) is 19.1 Å². The maximum Gasteiger partial charge on any atom is 0.0626 e. The lowest BCUT2D eigenvalue weighted by molar-refractivity contribution is 0.160. The van der Waals surface area contributed by atoms with Crippen LogP contribution in [0.4, 0.5) is 0 Å². The molecule has 0 aromatic rings. The zero-order valence-electron chi connectivity index (χ0n) is 8.30. The molecule has 1 saturated heterocycles. The van der Waals surface area contributed by atoms with Gasteiger partial charge < -0.3 is 10.4 Å².